The summed E-state index contributed by atoms with van der Waals surface area (Å²) in [5, 5.41) is 12.3. The van der Waals surface area contributed by atoms with E-state index >= 15 is 0 Å². The van der Waals surface area contributed by atoms with Gasteiger partial charge in [0.1, 0.15) is 5.69 Å². The number of carbonyl (C=O) groups is 1. The number of rotatable bonds is 4. The summed E-state index contributed by atoms with van der Waals surface area (Å²) in [4.78, 5) is 45.5. The molecule has 3 aromatic rings. The standard InChI is InChI=1S/C19H16ClN5O4/c20-13-3-1-12(2-4-13)9-24-6-5-23(10-18(24)26)16-8-15-14(7-17(16)25(28)29)19(27)22-11-21-15/h1-4,7-8,11H,5-6,9-10H2,(H,21,22,27). The number of amides is 1. The van der Waals surface area contributed by atoms with Crippen LogP contribution in [0.4, 0.5) is 11.4 Å². The molecule has 0 aliphatic carbocycles. The molecule has 1 aliphatic heterocycles. The van der Waals surface area contributed by atoms with Crippen molar-refractivity contribution in [2.75, 3.05) is 24.5 Å². The summed E-state index contributed by atoms with van der Waals surface area (Å²) >= 11 is 5.89. The average Bonchev–Trinajstić information content (AvgIpc) is 2.70. The second kappa shape index (κ2) is 7.51. The molecule has 0 spiro atoms. The molecule has 1 aliphatic rings. The zero-order chi connectivity index (χ0) is 20.5. The van der Waals surface area contributed by atoms with Crippen molar-refractivity contribution in [2.45, 2.75) is 6.54 Å². The maximum absolute atomic E-state index is 12.7. The summed E-state index contributed by atoms with van der Waals surface area (Å²) in [5.41, 5.74) is 0.894. The van der Waals surface area contributed by atoms with Gasteiger partial charge in [0.25, 0.3) is 11.2 Å². The van der Waals surface area contributed by atoms with E-state index in [1.54, 1.807) is 21.9 Å². The molecule has 1 fully saturated rings. The highest BCUT2D eigenvalue weighted by Crippen LogP contribution is 2.32. The van der Waals surface area contributed by atoms with E-state index < -0.39 is 10.5 Å². The molecule has 1 saturated heterocycles. The Hall–Kier alpha value is -3.46. The molecule has 148 valence electrons. The van der Waals surface area contributed by atoms with Gasteiger partial charge in [-0.1, -0.05) is 23.7 Å². The molecule has 1 amide bonds. The Balaban J connectivity index is 1.60. The molecule has 4 rings (SSSR count). The van der Waals surface area contributed by atoms with Gasteiger partial charge in [0.05, 0.1) is 28.7 Å². The number of aromatic amines is 1. The van der Waals surface area contributed by atoms with Crippen molar-refractivity contribution in [2.24, 2.45) is 0 Å². The van der Waals surface area contributed by atoms with Crippen LogP contribution in [0, 0.1) is 10.1 Å². The highest BCUT2D eigenvalue weighted by atomic mass is 35.5. The first kappa shape index (κ1) is 18.9. The Kier molecular flexibility index (Phi) is 4.89. The van der Waals surface area contributed by atoms with Crippen LogP contribution in [0.3, 0.4) is 0 Å². The largest absolute Gasteiger partial charge is 0.355 e. The zero-order valence-electron chi connectivity index (χ0n) is 15.2. The highest BCUT2D eigenvalue weighted by Gasteiger charge is 2.29. The summed E-state index contributed by atoms with van der Waals surface area (Å²) in [6.07, 6.45) is 1.25. The quantitative estimate of drug-likeness (QED) is 0.519. The number of nitro groups is 1. The number of nitro benzene ring substituents is 1. The predicted molar refractivity (Wildman–Crippen MR) is 108 cm³/mol. The third-order valence-electron chi connectivity index (χ3n) is 4.88. The van der Waals surface area contributed by atoms with Gasteiger partial charge in [0.15, 0.2) is 0 Å². The Bertz CT molecular complexity index is 1160. The lowest BCUT2D eigenvalue weighted by atomic mass is 10.1. The molecule has 0 atom stereocenters. The van der Waals surface area contributed by atoms with Crippen LogP contribution in [0.15, 0.2) is 47.5 Å². The monoisotopic (exact) mass is 413 g/mol. The van der Waals surface area contributed by atoms with Crippen LogP contribution in [-0.2, 0) is 11.3 Å². The van der Waals surface area contributed by atoms with Crippen LogP contribution < -0.4 is 10.5 Å². The predicted octanol–water partition coefficient (Wildman–Crippen LogP) is 2.33. The number of aromatic nitrogens is 2. The van der Waals surface area contributed by atoms with Crippen LogP contribution >= 0.6 is 11.6 Å². The van der Waals surface area contributed by atoms with Gasteiger partial charge in [-0.3, -0.25) is 19.7 Å². The minimum Gasteiger partial charge on any atom is -0.355 e. The lowest BCUT2D eigenvalue weighted by molar-refractivity contribution is -0.384. The van der Waals surface area contributed by atoms with Gasteiger partial charge in [-0.25, -0.2) is 4.98 Å². The number of hydrogen-bond acceptors (Lipinski definition) is 6. The van der Waals surface area contributed by atoms with Crippen molar-refractivity contribution >= 4 is 39.8 Å². The maximum atomic E-state index is 12.7. The first-order valence-electron chi connectivity index (χ1n) is 8.85. The van der Waals surface area contributed by atoms with Crippen molar-refractivity contribution in [3.05, 3.63) is 73.8 Å². The normalized spacial score (nSPS) is 14.4. The minimum absolute atomic E-state index is 0.00310. The Morgan fingerprint density at radius 1 is 1.17 bits per heavy atom. The van der Waals surface area contributed by atoms with Gasteiger partial charge in [-0.15, -0.1) is 0 Å². The second-order valence-corrected chi connectivity index (χ2v) is 7.15. The molecule has 1 N–H and O–H groups in total. The fraction of sp³-hybridized carbons (Fsp3) is 0.211. The Morgan fingerprint density at radius 2 is 1.93 bits per heavy atom. The number of anilines is 1. The van der Waals surface area contributed by atoms with E-state index in [9.17, 15) is 19.7 Å². The van der Waals surface area contributed by atoms with Crippen molar-refractivity contribution in [1.82, 2.24) is 14.9 Å². The number of hydrogen-bond donors (Lipinski definition) is 1. The number of nitrogens with zero attached hydrogens (tertiary/aromatic N) is 4. The SMILES string of the molecule is O=C1CN(c2cc3nc[nH]c(=O)c3cc2[N+](=O)[O-])CCN1Cc1ccc(Cl)cc1. The van der Waals surface area contributed by atoms with Crippen LogP contribution in [0.2, 0.25) is 5.02 Å². The van der Waals surface area contributed by atoms with Gasteiger partial charge in [0.2, 0.25) is 5.91 Å². The van der Waals surface area contributed by atoms with Crippen molar-refractivity contribution in [3.63, 3.8) is 0 Å². The fourth-order valence-corrected chi connectivity index (χ4v) is 3.51. The van der Waals surface area contributed by atoms with Gasteiger partial charge in [-0.2, -0.15) is 0 Å². The molecular weight excluding hydrogens is 398 g/mol. The molecule has 0 radical (unpaired) electrons. The van der Waals surface area contributed by atoms with E-state index in [0.29, 0.717) is 30.2 Å². The van der Waals surface area contributed by atoms with E-state index in [-0.39, 0.29) is 29.2 Å². The maximum Gasteiger partial charge on any atom is 0.293 e. The van der Waals surface area contributed by atoms with E-state index in [1.807, 2.05) is 12.1 Å². The first-order valence-corrected chi connectivity index (χ1v) is 9.23. The molecular formula is C19H16ClN5O4. The molecule has 2 aromatic carbocycles. The number of nitrogens with one attached hydrogen (secondary N) is 1. The van der Waals surface area contributed by atoms with Gasteiger partial charge in [-0.05, 0) is 23.8 Å². The third-order valence-corrected chi connectivity index (χ3v) is 5.13. The zero-order valence-corrected chi connectivity index (χ0v) is 15.9. The van der Waals surface area contributed by atoms with Crippen LogP contribution in [0.5, 0.6) is 0 Å². The van der Waals surface area contributed by atoms with Crippen LogP contribution in [0.1, 0.15) is 5.56 Å². The third kappa shape index (κ3) is 3.77. The highest BCUT2D eigenvalue weighted by molar-refractivity contribution is 6.30. The molecule has 0 unspecified atom stereocenters. The summed E-state index contributed by atoms with van der Waals surface area (Å²) in [6.45, 7) is 1.29. The summed E-state index contributed by atoms with van der Waals surface area (Å²) in [5.74, 6) is -0.139. The number of fused-ring (bicyclic) bond motifs is 1. The second-order valence-electron chi connectivity index (χ2n) is 6.71. The number of carbonyl (C=O) groups excluding carboxylic acids is 1. The van der Waals surface area contributed by atoms with E-state index in [0.717, 1.165) is 5.56 Å². The Labute approximate surface area is 169 Å². The van der Waals surface area contributed by atoms with Gasteiger partial charge in [0, 0.05) is 30.7 Å². The number of H-pyrrole nitrogens is 1. The molecule has 29 heavy (non-hydrogen) atoms. The van der Waals surface area contributed by atoms with Crippen LogP contribution in [-0.4, -0.2) is 45.3 Å². The molecule has 9 nitrogen and oxygen atoms in total. The first-order chi connectivity index (χ1) is 13.9. The molecule has 0 saturated carbocycles. The number of piperazine rings is 1. The summed E-state index contributed by atoms with van der Waals surface area (Å²) < 4.78 is 0. The van der Waals surface area contributed by atoms with Crippen molar-refractivity contribution < 1.29 is 9.72 Å². The average molecular weight is 414 g/mol. The fourth-order valence-electron chi connectivity index (χ4n) is 3.38. The molecule has 1 aromatic heterocycles. The number of benzene rings is 2. The summed E-state index contributed by atoms with van der Waals surface area (Å²) in [6, 6.07) is 9.96. The van der Waals surface area contributed by atoms with E-state index in [4.69, 9.17) is 11.6 Å². The minimum atomic E-state index is -0.550. The van der Waals surface area contributed by atoms with Crippen molar-refractivity contribution in [1.29, 1.82) is 0 Å². The van der Waals surface area contributed by atoms with Crippen molar-refractivity contribution in [3.8, 4) is 0 Å². The molecule has 10 heteroatoms. The van der Waals surface area contributed by atoms with E-state index in [2.05, 4.69) is 9.97 Å². The molecule has 2 heterocycles. The smallest absolute Gasteiger partial charge is 0.293 e. The molecule has 0 bridgehead atoms. The summed E-state index contributed by atoms with van der Waals surface area (Å²) in [7, 11) is 0. The Morgan fingerprint density at radius 3 is 2.62 bits per heavy atom. The van der Waals surface area contributed by atoms with Gasteiger partial charge >= 0.3 is 0 Å². The topological polar surface area (TPSA) is 112 Å². The van der Waals surface area contributed by atoms with Crippen LogP contribution in [0.25, 0.3) is 10.9 Å². The lowest BCUT2D eigenvalue weighted by Gasteiger charge is -2.35. The van der Waals surface area contributed by atoms with Gasteiger partial charge < -0.3 is 14.8 Å². The lowest BCUT2D eigenvalue weighted by Crippen LogP contribution is -2.50. The van der Waals surface area contributed by atoms with E-state index in [1.165, 1.54) is 18.5 Å². The number of halogens is 1.